The summed E-state index contributed by atoms with van der Waals surface area (Å²) in [6, 6.07) is 67.0. The van der Waals surface area contributed by atoms with E-state index in [4.69, 9.17) is 4.42 Å². The van der Waals surface area contributed by atoms with Gasteiger partial charge in [0, 0.05) is 27.8 Å². The van der Waals surface area contributed by atoms with Gasteiger partial charge in [-0.2, -0.15) is 0 Å². The first-order valence-electron chi connectivity index (χ1n) is 16.3. The Labute approximate surface area is 279 Å². The fourth-order valence-electron chi connectivity index (χ4n) is 6.90. The van der Waals surface area contributed by atoms with Crippen LogP contribution >= 0.6 is 0 Å². The highest BCUT2D eigenvalue weighted by Gasteiger charge is 2.16. The van der Waals surface area contributed by atoms with E-state index in [2.05, 4.69) is 181 Å². The van der Waals surface area contributed by atoms with E-state index in [1.54, 1.807) is 0 Å². The topological polar surface area (TPSA) is 16.4 Å². The highest BCUT2D eigenvalue weighted by molar-refractivity contribution is 6.06. The Morgan fingerprint density at radius 2 is 0.875 bits per heavy atom. The molecule has 0 bridgehead atoms. The molecule has 1 heterocycles. The summed E-state index contributed by atoms with van der Waals surface area (Å²) in [5, 5.41) is 4.75. The summed E-state index contributed by atoms with van der Waals surface area (Å²) < 4.78 is 6.13. The molecule has 0 unspecified atom stereocenters. The summed E-state index contributed by atoms with van der Waals surface area (Å²) in [6.07, 6.45) is 0. The lowest BCUT2D eigenvalue weighted by atomic mass is 9.97. The molecule has 48 heavy (non-hydrogen) atoms. The predicted molar refractivity (Wildman–Crippen MR) is 202 cm³/mol. The van der Waals surface area contributed by atoms with Gasteiger partial charge in [-0.1, -0.05) is 133 Å². The van der Waals surface area contributed by atoms with Gasteiger partial charge in [0.1, 0.15) is 11.2 Å². The molecular weight excluding hydrogens is 583 g/mol. The third-order valence-corrected chi connectivity index (χ3v) is 9.25. The second-order valence-electron chi connectivity index (χ2n) is 12.2. The van der Waals surface area contributed by atoms with Gasteiger partial charge in [-0.15, -0.1) is 0 Å². The van der Waals surface area contributed by atoms with Crippen molar-refractivity contribution in [3.8, 4) is 33.4 Å². The van der Waals surface area contributed by atoms with E-state index in [1.165, 1.54) is 33.0 Å². The van der Waals surface area contributed by atoms with Crippen LogP contribution in [0.5, 0.6) is 0 Å². The normalized spacial score (nSPS) is 11.3. The highest BCUT2D eigenvalue weighted by Crippen LogP contribution is 2.40. The molecule has 0 spiro atoms. The third-order valence-electron chi connectivity index (χ3n) is 9.25. The quantitative estimate of drug-likeness (QED) is 0.185. The Morgan fingerprint density at radius 3 is 1.71 bits per heavy atom. The summed E-state index contributed by atoms with van der Waals surface area (Å²) in [6.45, 7) is 0. The van der Waals surface area contributed by atoms with Gasteiger partial charge in [0.05, 0.1) is 0 Å². The number of para-hydroxylation sites is 1. The molecule has 0 atom stereocenters. The molecule has 2 nitrogen and oxygen atoms in total. The second kappa shape index (κ2) is 11.8. The van der Waals surface area contributed by atoms with Gasteiger partial charge in [0.25, 0.3) is 0 Å². The van der Waals surface area contributed by atoms with Crippen molar-refractivity contribution in [3.05, 3.63) is 188 Å². The average molecular weight is 614 g/mol. The highest BCUT2D eigenvalue weighted by atomic mass is 16.3. The van der Waals surface area contributed by atoms with Crippen molar-refractivity contribution >= 4 is 49.8 Å². The fraction of sp³-hybridized carbons (Fsp3) is 0. The number of nitrogens with zero attached hydrogens (tertiary/aromatic N) is 1. The summed E-state index contributed by atoms with van der Waals surface area (Å²) in [5.74, 6) is 0. The first-order chi connectivity index (χ1) is 23.8. The van der Waals surface area contributed by atoms with Gasteiger partial charge >= 0.3 is 0 Å². The van der Waals surface area contributed by atoms with Crippen LogP contribution in [-0.2, 0) is 0 Å². The standard InChI is InChI=1S/C46H31NO/c1-2-11-32(12-3-1)33-23-26-38(27-24-33)47(40-18-9-16-37(30-40)42-21-10-14-34-13-4-5-19-41(34)42)39-17-8-15-35(29-39)36-25-28-46-44(31-36)43-20-6-7-22-45(43)48-46/h1-31H. The number of hydrogen-bond acceptors (Lipinski definition) is 2. The molecule has 8 aromatic carbocycles. The van der Waals surface area contributed by atoms with Crippen molar-refractivity contribution in [2.45, 2.75) is 0 Å². The molecule has 0 fully saturated rings. The zero-order valence-electron chi connectivity index (χ0n) is 26.3. The van der Waals surface area contributed by atoms with E-state index in [9.17, 15) is 0 Å². The van der Waals surface area contributed by atoms with Crippen molar-refractivity contribution in [3.63, 3.8) is 0 Å². The first-order valence-corrected chi connectivity index (χ1v) is 16.3. The van der Waals surface area contributed by atoms with Crippen LogP contribution in [0.15, 0.2) is 192 Å². The van der Waals surface area contributed by atoms with Crippen molar-refractivity contribution in [1.82, 2.24) is 0 Å². The smallest absolute Gasteiger partial charge is 0.135 e. The molecule has 1 aromatic heterocycles. The summed E-state index contributed by atoms with van der Waals surface area (Å²) >= 11 is 0. The van der Waals surface area contributed by atoms with Crippen LogP contribution < -0.4 is 4.90 Å². The SMILES string of the molecule is c1ccc(-c2ccc(N(c3cccc(-c4ccc5oc6ccccc6c5c4)c3)c3cccc(-c4cccc5ccccc45)c3)cc2)cc1. The minimum absolute atomic E-state index is 0.904. The maximum absolute atomic E-state index is 6.13. The molecule has 0 aliphatic carbocycles. The summed E-state index contributed by atoms with van der Waals surface area (Å²) in [7, 11) is 0. The third kappa shape index (κ3) is 5.01. The second-order valence-corrected chi connectivity index (χ2v) is 12.2. The van der Waals surface area contributed by atoms with Gasteiger partial charge < -0.3 is 9.32 Å². The van der Waals surface area contributed by atoms with Crippen molar-refractivity contribution in [2.24, 2.45) is 0 Å². The molecule has 9 rings (SSSR count). The van der Waals surface area contributed by atoms with E-state index < -0.39 is 0 Å². The molecule has 9 aromatic rings. The molecule has 0 saturated heterocycles. The Bertz CT molecular complexity index is 2560. The fourth-order valence-corrected chi connectivity index (χ4v) is 6.90. The molecule has 2 heteroatoms. The minimum Gasteiger partial charge on any atom is -0.456 e. The van der Waals surface area contributed by atoms with Gasteiger partial charge in [0.2, 0.25) is 0 Å². The molecule has 226 valence electrons. The number of benzene rings is 8. The number of anilines is 3. The lowest BCUT2D eigenvalue weighted by Gasteiger charge is -2.27. The van der Waals surface area contributed by atoms with Crippen LogP contribution in [0.4, 0.5) is 17.1 Å². The molecule has 0 saturated carbocycles. The lowest BCUT2D eigenvalue weighted by molar-refractivity contribution is 0.669. The number of rotatable bonds is 6. The monoisotopic (exact) mass is 613 g/mol. The summed E-state index contributed by atoms with van der Waals surface area (Å²) in [4.78, 5) is 2.36. The number of fused-ring (bicyclic) bond motifs is 4. The molecule has 0 aliphatic rings. The summed E-state index contributed by atoms with van der Waals surface area (Å²) in [5.41, 5.74) is 12.2. The molecule has 0 amide bonds. The zero-order chi connectivity index (χ0) is 31.9. The van der Waals surface area contributed by atoms with E-state index in [1.807, 2.05) is 12.1 Å². The molecule has 0 N–H and O–H groups in total. The van der Waals surface area contributed by atoms with Gasteiger partial charge in [0.15, 0.2) is 0 Å². The van der Waals surface area contributed by atoms with Crippen LogP contribution in [0.1, 0.15) is 0 Å². The lowest BCUT2D eigenvalue weighted by Crippen LogP contribution is -2.10. The zero-order valence-corrected chi connectivity index (χ0v) is 26.3. The van der Waals surface area contributed by atoms with Crippen LogP contribution in [0.25, 0.3) is 66.1 Å². The van der Waals surface area contributed by atoms with Gasteiger partial charge in [-0.05, 0) is 98.8 Å². The number of hydrogen-bond donors (Lipinski definition) is 0. The molecule has 0 radical (unpaired) electrons. The largest absolute Gasteiger partial charge is 0.456 e. The van der Waals surface area contributed by atoms with Gasteiger partial charge in [-0.25, -0.2) is 0 Å². The Balaban J connectivity index is 1.18. The molecule has 0 aliphatic heterocycles. The van der Waals surface area contributed by atoms with E-state index in [0.717, 1.165) is 50.1 Å². The Hall–Kier alpha value is -6.38. The minimum atomic E-state index is 0.904. The van der Waals surface area contributed by atoms with E-state index in [0.29, 0.717) is 0 Å². The first kappa shape index (κ1) is 27.9. The number of furan rings is 1. The average Bonchev–Trinajstić information content (AvgIpc) is 3.54. The van der Waals surface area contributed by atoms with Crippen molar-refractivity contribution in [2.75, 3.05) is 4.90 Å². The van der Waals surface area contributed by atoms with E-state index >= 15 is 0 Å². The van der Waals surface area contributed by atoms with Crippen LogP contribution in [0.3, 0.4) is 0 Å². The Kier molecular flexibility index (Phi) is 6.84. The molecular formula is C46H31NO. The van der Waals surface area contributed by atoms with E-state index in [-0.39, 0.29) is 0 Å². The van der Waals surface area contributed by atoms with Crippen molar-refractivity contribution < 1.29 is 4.42 Å². The Morgan fingerprint density at radius 1 is 0.312 bits per heavy atom. The van der Waals surface area contributed by atoms with Crippen LogP contribution in [0, 0.1) is 0 Å². The van der Waals surface area contributed by atoms with Crippen molar-refractivity contribution in [1.29, 1.82) is 0 Å². The van der Waals surface area contributed by atoms with Crippen LogP contribution in [0.2, 0.25) is 0 Å². The maximum atomic E-state index is 6.13. The van der Waals surface area contributed by atoms with Crippen LogP contribution in [-0.4, -0.2) is 0 Å². The predicted octanol–water partition coefficient (Wildman–Crippen LogP) is 13.2. The van der Waals surface area contributed by atoms with Gasteiger partial charge in [-0.3, -0.25) is 0 Å². The maximum Gasteiger partial charge on any atom is 0.135 e.